The average molecular weight is 469 g/mol. The van der Waals surface area contributed by atoms with Crippen molar-refractivity contribution < 1.29 is 9.53 Å². The summed E-state index contributed by atoms with van der Waals surface area (Å²) in [6.07, 6.45) is 4.26. The minimum absolute atomic E-state index is 0.208. The van der Waals surface area contributed by atoms with Gasteiger partial charge in [0.05, 0.1) is 19.0 Å². The lowest BCUT2D eigenvalue weighted by Crippen LogP contribution is -2.59. The van der Waals surface area contributed by atoms with Crippen LogP contribution in [0.15, 0.2) is 104 Å². The maximum absolute atomic E-state index is 13.2. The Labute approximate surface area is 206 Å². The lowest BCUT2D eigenvalue weighted by Gasteiger charge is -2.41. The first kappa shape index (κ1) is 24.4. The van der Waals surface area contributed by atoms with Gasteiger partial charge in [-0.1, -0.05) is 91.0 Å². The van der Waals surface area contributed by atoms with Gasteiger partial charge < -0.3 is 15.0 Å². The van der Waals surface area contributed by atoms with E-state index in [1.165, 1.54) is 7.11 Å². The highest BCUT2D eigenvalue weighted by Gasteiger charge is 2.41. The SMILES string of the molecule is COC(=O)[C@@H](NC(c1ccccc1)(c1ccccc1)c1ccccc1)[C@@H](C)NCCc1cnc[nH]1. The molecule has 1 aromatic heterocycles. The van der Waals surface area contributed by atoms with Crippen LogP contribution in [0.5, 0.6) is 0 Å². The number of benzene rings is 3. The number of carbonyl (C=O) groups excluding carboxylic acids is 1. The Bertz CT molecular complexity index is 1070. The molecule has 4 aromatic rings. The van der Waals surface area contributed by atoms with Crippen molar-refractivity contribution in [2.24, 2.45) is 0 Å². The second-order valence-electron chi connectivity index (χ2n) is 8.56. The van der Waals surface area contributed by atoms with Gasteiger partial charge >= 0.3 is 5.97 Å². The Morgan fingerprint density at radius 1 is 0.914 bits per heavy atom. The van der Waals surface area contributed by atoms with E-state index in [0.29, 0.717) is 6.54 Å². The number of hydrogen-bond acceptors (Lipinski definition) is 5. The monoisotopic (exact) mass is 468 g/mol. The lowest BCUT2D eigenvalue weighted by atomic mass is 9.76. The Morgan fingerprint density at radius 2 is 1.43 bits per heavy atom. The van der Waals surface area contributed by atoms with Gasteiger partial charge in [-0.2, -0.15) is 0 Å². The molecule has 0 radical (unpaired) electrons. The molecule has 0 amide bonds. The van der Waals surface area contributed by atoms with E-state index in [9.17, 15) is 4.79 Å². The largest absolute Gasteiger partial charge is 0.468 e. The second-order valence-corrected chi connectivity index (χ2v) is 8.56. The molecule has 0 spiro atoms. The van der Waals surface area contributed by atoms with Crippen molar-refractivity contribution in [3.8, 4) is 0 Å². The van der Waals surface area contributed by atoms with Gasteiger partial charge in [0.2, 0.25) is 0 Å². The molecule has 1 heterocycles. The third kappa shape index (κ3) is 5.50. The molecule has 4 rings (SSSR count). The van der Waals surface area contributed by atoms with E-state index in [-0.39, 0.29) is 12.0 Å². The highest BCUT2D eigenvalue weighted by molar-refractivity contribution is 5.77. The smallest absolute Gasteiger partial charge is 0.324 e. The number of nitrogens with one attached hydrogen (secondary N) is 3. The Kier molecular flexibility index (Phi) is 8.08. The summed E-state index contributed by atoms with van der Waals surface area (Å²) in [5.74, 6) is -0.321. The molecule has 0 saturated carbocycles. The lowest BCUT2D eigenvalue weighted by molar-refractivity contribution is -0.144. The minimum atomic E-state index is -0.776. The van der Waals surface area contributed by atoms with Crippen molar-refractivity contribution in [3.63, 3.8) is 0 Å². The number of imidazole rings is 1. The molecular formula is C29H32N4O2. The third-order valence-electron chi connectivity index (χ3n) is 6.36. The van der Waals surface area contributed by atoms with Crippen LogP contribution in [0, 0.1) is 0 Å². The Balaban J connectivity index is 1.75. The molecule has 3 aromatic carbocycles. The van der Waals surface area contributed by atoms with Crippen LogP contribution in [0.3, 0.4) is 0 Å². The predicted octanol–water partition coefficient (Wildman–Crippen LogP) is 4.05. The standard InChI is InChI=1S/C29H32N4O2/c1-22(31-19-18-26-20-30-21-32-26)27(28(34)35-2)33-29(23-12-6-3-7-13-23,24-14-8-4-9-15-24)25-16-10-5-11-17-25/h3-17,20-22,27,31,33H,18-19H2,1-2H3,(H,30,32)/t22-,27+/m1/s1. The number of aromatic nitrogens is 2. The van der Waals surface area contributed by atoms with Gasteiger partial charge in [-0.05, 0) is 23.6 Å². The van der Waals surface area contributed by atoms with Crippen molar-refractivity contribution >= 4 is 5.97 Å². The molecule has 0 unspecified atom stereocenters. The molecule has 6 nitrogen and oxygen atoms in total. The number of ether oxygens (including phenoxy) is 1. The molecule has 180 valence electrons. The molecule has 0 aliphatic rings. The fraction of sp³-hybridized carbons (Fsp3) is 0.241. The van der Waals surface area contributed by atoms with Gasteiger partial charge in [0, 0.05) is 30.9 Å². The van der Waals surface area contributed by atoms with E-state index in [1.807, 2.05) is 67.7 Å². The number of hydrogen-bond donors (Lipinski definition) is 3. The van der Waals surface area contributed by atoms with E-state index in [0.717, 1.165) is 28.8 Å². The summed E-state index contributed by atoms with van der Waals surface area (Å²) < 4.78 is 5.28. The molecule has 0 bridgehead atoms. The van der Waals surface area contributed by atoms with Gasteiger partial charge in [-0.25, -0.2) is 4.98 Å². The molecule has 35 heavy (non-hydrogen) atoms. The van der Waals surface area contributed by atoms with Gasteiger partial charge in [-0.3, -0.25) is 10.1 Å². The van der Waals surface area contributed by atoms with Crippen molar-refractivity contribution in [2.45, 2.75) is 31.0 Å². The van der Waals surface area contributed by atoms with E-state index in [4.69, 9.17) is 4.74 Å². The molecule has 0 fully saturated rings. The van der Waals surface area contributed by atoms with Gasteiger partial charge in [0.1, 0.15) is 6.04 Å². The van der Waals surface area contributed by atoms with Crippen LogP contribution in [-0.2, 0) is 21.5 Å². The summed E-state index contributed by atoms with van der Waals surface area (Å²) in [7, 11) is 1.43. The number of aromatic amines is 1. The van der Waals surface area contributed by atoms with Gasteiger partial charge in [-0.15, -0.1) is 0 Å². The third-order valence-corrected chi connectivity index (χ3v) is 6.36. The maximum atomic E-state index is 13.2. The fourth-order valence-electron chi connectivity index (χ4n) is 4.54. The first-order valence-corrected chi connectivity index (χ1v) is 11.9. The summed E-state index contributed by atoms with van der Waals surface area (Å²) in [4.78, 5) is 20.4. The summed E-state index contributed by atoms with van der Waals surface area (Å²) >= 11 is 0. The molecule has 0 aliphatic carbocycles. The van der Waals surface area contributed by atoms with Crippen molar-refractivity contribution in [3.05, 3.63) is 126 Å². The van der Waals surface area contributed by atoms with Crippen LogP contribution in [0.1, 0.15) is 29.3 Å². The van der Waals surface area contributed by atoms with Crippen LogP contribution >= 0.6 is 0 Å². The molecular weight excluding hydrogens is 436 g/mol. The van der Waals surface area contributed by atoms with Crippen LogP contribution < -0.4 is 10.6 Å². The molecule has 2 atom stereocenters. The van der Waals surface area contributed by atoms with Crippen LogP contribution in [0.25, 0.3) is 0 Å². The van der Waals surface area contributed by atoms with Crippen LogP contribution in [0.4, 0.5) is 0 Å². The van der Waals surface area contributed by atoms with Crippen molar-refractivity contribution in [1.82, 2.24) is 20.6 Å². The zero-order valence-electron chi connectivity index (χ0n) is 20.1. The Hall–Kier alpha value is -3.74. The summed E-state index contributed by atoms with van der Waals surface area (Å²) in [6, 6.07) is 29.9. The average Bonchev–Trinajstić information content (AvgIpc) is 3.44. The predicted molar refractivity (Wildman–Crippen MR) is 138 cm³/mol. The molecule has 3 N–H and O–H groups in total. The minimum Gasteiger partial charge on any atom is -0.468 e. The van der Waals surface area contributed by atoms with Crippen LogP contribution in [0.2, 0.25) is 0 Å². The van der Waals surface area contributed by atoms with E-state index in [1.54, 1.807) is 6.33 Å². The molecule has 0 saturated heterocycles. The Morgan fingerprint density at radius 3 is 1.86 bits per heavy atom. The number of methoxy groups -OCH3 is 1. The zero-order valence-corrected chi connectivity index (χ0v) is 20.1. The normalized spacial score (nSPS) is 13.2. The first-order chi connectivity index (χ1) is 17.1. The van der Waals surface area contributed by atoms with Gasteiger partial charge in [0.15, 0.2) is 0 Å². The fourth-order valence-corrected chi connectivity index (χ4v) is 4.54. The quantitative estimate of drug-likeness (QED) is 0.229. The number of esters is 1. The van der Waals surface area contributed by atoms with E-state index < -0.39 is 11.6 Å². The topological polar surface area (TPSA) is 79.0 Å². The van der Waals surface area contributed by atoms with Crippen molar-refractivity contribution in [1.29, 1.82) is 0 Å². The molecule has 0 aliphatic heterocycles. The summed E-state index contributed by atoms with van der Waals surface area (Å²) in [5.41, 5.74) is 3.38. The number of rotatable bonds is 11. The van der Waals surface area contributed by atoms with Crippen LogP contribution in [-0.4, -0.2) is 41.7 Å². The summed E-state index contributed by atoms with van der Waals surface area (Å²) in [6.45, 7) is 2.70. The maximum Gasteiger partial charge on any atom is 0.324 e. The summed E-state index contributed by atoms with van der Waals surface area (Å²) in [5, 5.41) is 7.26. The molecule has 6 heteroatoms. The first-order valence-electron chi connectivity index (χ1n) is 11.9. The second kappa shape index (κ2) is 11.6. The highest BCUT2D eigenvalue weighted by Crippen LogP contribution is 2.37. The van der Waals surface area contributed by atoms with Gasteiger partial charge in [0.25, 0.3) is 0 Å². The van der Waals surface area contributed by atoms with E-state index >= 15 is 0 Å². The van der Waals surface area contributed by atoms with E-state index in [2.05, 4.69) is 57.0 Å². The number of nitrogens with zero attached hydrogens (tertiary/aromatic N) is 1. The zero-order chi connectivity index (χ0) is 24.5. The highest BCUT2D eigenvalue weighted by atomic mass is 16.5. The van der Waals surface area contributed by atoms with Crippen molar-refractivity contribution in [2.75, 3.05) is 13.7 Å². The number of carbonyl (C=O) groups is 1. The number of H-pyrrole nitrogens is 1.